The summed E-state index contributed by atoms with van der Waals surface area (Å²) in [5.41, 5.74) is 14.3. The predicted molar refractivity (Wildman–Crippen MR) is 93.6 cm³/mol. The average molecular weight is 357 g/mol. The lowest BCUT2D eigenvalue weighted by Gasteiger charge is -2.30. The summed E-state index contributed by atoms with van der Waals surface area (Å²) in [7, 11) is 0. The molecule has 1 aromatic heterocycles. The third-order valence-electron chi connectivity index (χ3n) is 5.14. The molecule has 0 saturated heterocycles. The standard InChI is InChI=1S/C19H20FN3O3/c1-19(2)5-13-16(15(24)6-19)10-7-26-8-14(10)23(13)9-3-11(20)17(18(22)25)12(21)4-9/h3-4H,5-8,21H2,1-2H3,(H2,22,25). The Bertz CT molecular complexity index is 952. The fourth-order valence-electron chi connectivity index (χ4n) is 4.13. The Morgan fingerprint density at radius 3 is 2.62 bits per heavy atom. The van der Waals surface area contributed by atoms with Crippen LogP contribution in [-0.4, -0.2) is 16.3 Å². The maximum Gasteiger partial charge on any atom is 0.253 e. The number of ether oxygens (including phenoxy) is 1. The number of carbonyl (C=O) groups excluding carboxylic acids is 2. The van der Waals surface area contributed by atoms with Crippen molar-refractivity contribution in [3.63, 3.8) is 0 Å². The number of anilines is 1. The zero-order chi connectivity index (χ0) is 18.8. The number of hydrogen-bond acceptors (Lipinski definition) is 4. The van der Waals surface area contributed by atoms with Crippen LogP contribution in [0.3, 0.4) is 0 Å². The van der Waals surface area contributed by atoms with Gasteiger partial charge in [0.2, 0.25) is 0 Å². The summed E-state index contributed by atoms with van der Waals surface area (Å²) in [6, 6.07) is 2.76. The van der Waals surface area contributed by atoms with Crippen LogP contribution < -0.4 is 11.5 Å². The van der Waals surface area contributed by atoms with Gasteiger partial charge < -0.3 is 20.8 Å². The molecule has 7 heteroatoms. The summed E-state index contributed by atoms with van der Waals surface area (Å²) in [5.74, 6) is -1.60. The molecule has 4 rings (SSSR count). The minimum Gasteiger partial charge on any atom is -0.398 e. The van der Waals surface area contributed by atoms with E-state index in [2.05, 4.69) is 0 Å². The van der Waals surface area contributed by atoms with Crippen LogP contribution in [0.1, 0.15) is 57.9 Å². The third-order valence-corrected chi connectivity index (χ3v) is 5.14. The van der Waals surface area contributed by atoms with Gasteiger partial charge in [0.1, 0.15) is 5.82 Å². The van der Waals surface area contributed by atoms with E-state index >= 15 is 0 Å². The van der Waals surface area contributed by atoms with Crippen LogP contribution in [0.2, 0.25) is 0 Å². The van der Waals surface area contributed by atoms with Crippen molar-refractivity contribution in [2.75, 3.05) is 5.73 Å². The molecule has 1 aliphatic heterocycles. The zero-order valence-corrected chi connectivity index (χ0v) is 14.7. The van der Waals surface area contributed by atoms with Gasteiger partial charge in [-0.2, -0.15) is 0 Å². The Hall–Kier alpha value is -2.67. The second-order valence-electron chi connectivity index (χ2n) is 7.77. The van der Waals surface area contributed by atoms with Crippen molar-refractivity contribution in [3.8, 4) is 5.69 Å². The van der Waals surface area contributed by atoms with Gasteiger partial charge in [0, 0.05) is 28.9 Å². The lowest BCUT2D eigenvalue weighted by molar-refractivity contribution is 0.0900. The maximum absolute atomic E-state index is 14.5. The Morgan fingerprint density at radius 1 is 1.23 bits per heavy atom. The predicted octanol–water partition coefficient (Wildman–Crippen LogP) is 2.48. The number of nitrogen functional groups attached to an aromatic ring is 1. The highest BCUT2D eigenvalue weighted by Gasteiger charge is 2.39. The van der Waals surface area contributed by atoms with Crippen molar-refractivity contribution in [1.29, 1.82) is 0 Å². The number of amides is 1. The first-order valence-corrected chi connectivity index (χ1v) is 8.45. The van der Waals surface area contributed by atoms with E-state index in [1.165, 1.54) is 12.1 Å². The topological polar surface area (TPSA) is 100 Å². The third kappa shape index (κ3) is 2.34. The van der Waals surface area contributed by atoms with Gasteiger partial charge in [-0.1, -0.05) is 13.8 Å². The molecule has 0 radical (unpaired) electrons. The first-order valence-electron chi connectivity index (χ1n) is 8.45. The summed E-state index contributed by atoms with van der Waals surface area (Å²) in [6.07, 6.45) is 1.15. The van der Waals surface area contributed by atoms with Crippen LogP contribution in [0.5, 0.6) is 0 Å². The second-order valence-corrected chi connectivity index (χ2v) is 7.77. The van der Waals surface area contributed by atoms with Gasteiger partial charge in [0.15, 0.2) is 5.78 Å². The number of nitrogens with two attached hydrogens (primary N) is 2. The van der Waals surface area contributed by atoms with Crippen molar-refractivity contribution in [2.24, 2.45) is 11.1 Å². The largest absolute Gasteiger partial charge is 0.398 e. The SMILES string of the molecule is CC1(C)CC(=O)c2c3c(n(-c4cc(N)c(C(N)=O)c(F)c4)c2C1)COC3. The van der Waals surface area contributed by atoms with Gasteiger partial charge in [-0.15, -0.1) is 0 Å². The minimum absolute atomic E-state index is 0.0241. The van der Waals surface area contributed by atoms with E-state index in [9.17, 15) is 14.0 Å². The highest BCUT2D eigenvalue weighted by molar-refractivity contribution is 6.01. The minimum atomic E-state index is -0.911. The van der Waals surface area contributed by atoms with Crippen LogP contribution in [0.15, 0.2) is 12.1 Å². The van der Waals surface area contributed by atoms with Crippen molar-refractivity contribution in [3.05, 3.63) is 46.0 Å². The number of fused-ring (bicyclic) bond motifs is 3. The van der Waals surface area contributed by atoms with Gasteiger partial charge in [-0.05, 0) is 24.0 Å². The van der Waals surface area contributed by atoms with E-state index in [0.717, 1.165) is 17.0 Å². The van der Waals surface area contributed by atoms with Gasteiger partial charge in [-0.25, -0.2) is 4.39 Å². The van der Waals surface area contributed by atoms with E-state index in [1.807, 2.05) is 18.4 Å². The van der Waals surface area contributed by atoms with Gasteiger partial charge in [-0.3, -0.25) is 9.59 Å². The van der Waals surface area contributed by atoms with E-state index < -0.39 is 11.7 Å². The number of ketones is 1. The summed E-state index contributed by atoms with van der Waals surface area (Å²) in [6.45, 7) is 4.79. The van der Waals surface area contributed by atoms with Crippen molar-refractivity contribution in [2.45, 2.75) is 39.9 Å². The van der Waals surface area contributed by atoms with Crippen LogP contribution in [0.4, 0.5) is 10.1 Å². The molecule has 0 spiro atoms. The molecule has 4 N–H and O–H groups in total. The van der Waals surface area contributed by atoms with Gasteiger partial charge >= 0.3 is 0 Å². The van der Waals surface area contributed by atoms with Gasteiger partial charge in [0.25, 0.3) is 5.91 Å². The Labute approximate surface area is 149 Å². The summed E-state index contributed by atoms with van der Waals surface area (Å²) < 4.78 is 21.9. The number of aromatic nitrogens is 1. The highest BCUT2D eigenvalue weighted by atomic mass is 19.1. The Morgan fingerprint density at radius 2 is 1.96 bits per heavy atom. The molecule has 2 aromatic rings. The van der Waals surface area contributed by atoms with Crippen molar-refractivity contribution < 1.29 is 18.7 Å². The molecular formula is C19H20FN3O3. The molecule has 0 bridgehead atoms. The zero-order valence-electron chi connectivity index (χ0n) is 14.7. The molecule has 1 amide bonds. The summed E-state index contributed by atoms with van der Waals surface area (Å²) in [4.78, 5) is 24.2. The molecular weight excluding hydrogens is 337 g/mol. The molecule has 136 valence electrons. The number of benzene rings is 1. The van der Waals surface area contributed by atoms with Crippen LogP contribution in [0.25, 0.3) is 5.69 Å². The van der Waals surface area contributed by atoms with Crippen molar-refractivity contribution >= 4 is 17.4 Å². The number of primary amides is 1. The number of halogens is 1. The number of hydrogen-bond donors (Lipinski definition) is 2. The molecule has 2 heterocycles. The molecule has 0 fully saturated rings. The first kappa shape index (κ1) is 16.8. The fourth-order valence-corrected chi connectivity index (χ4v) is 4.13. The number of nitrogens with zero attached hydrogens (tertiary/aromatic N) is 1. The number of carbonyl (C=O) groups is 2. The summed E-state index contributed by atoms with van der Waals surface area (Å²) in [5, 5.41) is 0. The van der Waals surface area contributed by atoms with Gasteiger partial charge in [0.05, 0.1) is 30.2 Å². The lowest BCUT2D eigenvalue weighted by Crippen LogP contribution is -2.28. The van der Waals surface area contributed by atoms with E-state index in [0.29, 0.717) is 37.3 Å². The molecule has 0 atom stereocenters. The van der Waals surface area contributed by atoms with Crippen molar-refractivity contribution in [1.82, 2.24) is 4.57 Å². The molecule has 6 nitrogen and oxygen atoms in total. The molecule has 2 aliphatic rings. The highest BCUT2D eigenvalue weighted by Crippen LogP contribution is 2.42. The van der Waals surface area contributed by atoms with E-state index in [-0.39, 0.29) is 22.4 Å². The molecule has 26 heavy (non-hydrogen) atoms. The van der Waals surface area contributed by atoms with Crippen LogP contribution in [-0.2, 0) is 24.4 Å². The van der Waals surface area contributed by atoms with E-state index in [4.69, 9.17) is 16.2 Å². The molecule has 0 saturated carbocycles. The average Bonchev–Trinajstić information content (AvgIpc) is 3.03. The normalized spacial score (nSPS) is 17.9. The molecule has 1 aromatic carbocycles. The maximum atomic E-state index is 14.5. The fraction of sp³-hybridized carbons (Fsp3) is 0.368. The van der Waals surface area contributed by atoms with Crippen LogP contribution in [0, 0.1) is 11.2 Å². The molecule has 0 unspecified atom stereocenters. The Balaban J connectivity index is 1.98. The molecule has 1 aliphatic carbocycles. The quantitative estimate of drug-likeness (QED) is 0.806. The lowest BCUT2D eigenvalue weighted by atomic mass is 9.75. The van der Waals surface area contributed by atoms with E-state index in [1.54, 1.807) is 0 Å². The second kappa shape index (κ2) is 5.41. The Kier molecular flexibility index (Phi) is 3.49. The number of rotatable bonds is 2. The van der Waals surface area contributed by atoms with Crippen LogP contribution >= 0.6 is 0 Å². The monoisotopic (exact) mass is 357 g/mol. The first-order chi connectivity index (χ1) is 12.2. The number of Topliss-reactive ketones (excluding diaryl/α,β-unsaturated/α-hetero) is 1. The summed E-state index contributed by atoms with van der Waals surface area (Å²) >= 11 is 0. The smallest absolute Gasteiger partial charge is 0.253 e.